The van der Waals surface area contributed by atoms with Crippen LogP contribution < -0.4 is 5.73 Å². The van der Waals surface area contributed by atoms with E-state index in [0.717, 1.165) is 58.5 Å². The standard InChI is InChI=1S/C13H27N3O/c1-3-16(4-2)13(17)12-6-10-15(11-7-12)9-5-8-14/h12H,3-11,14H2,1-2H3. The van der Waals surface area contributed by atoms with Crippen molar-refractivity contribution in [1.82, 2.24) is 9.80 Å². The van der Waals surface area contributed by atoms with Crippen LogP contribution in [0.25, 0.3) is 0 Å². The highest BCUT2D eigenvalue weighted by Gasteiger charge is 2.26. The van der Waals surface area contributed by atoms with Crippen molar-refractivity contribution in [2.45, 2.75) is 33.1 Å². The minimum absolute atomic E-state index is 0.254. The average molecular weight is 241 g/mol. The Bertz CT molecular complexity index is 221. The summed E-state index contributed by atoms with van der Waals surface area (Å²) in [7, 11) is 0. The van der Waals surface area contributed by atoms with Gasteiger partial charge >= 0.3 is 0 Å². The van der Waals surface area contributed by atoms with Crippen molar-refractivity contribution in [1.29, 1.82) is 0 Å². The molecule has 17 heavy (non-hydrogen) atoms. The Labute approximate surface area is 105 Å². The van der Waals surface area contributed by atoms with Gasteiger partial charge in [0.05, 0.1) is 0 Å². The molecule has 1 heterocycles. The van der Waals surface area contributed by atoms with Gasteiger partial charge in [-0.25, -0.2) is 0 Å². The zero-order valence-electron chi connectivity index (χ0n) is 11.3. The normalized spacial score (nSPS) is 18.3. The van der Waals surface area contributed by atoms with E-state index < -0.39 is 0 Å². The second-order valence-corrected chi connectivity index (χ2v) is 4.77. The Morgan fingerprint density at radius 1 is 1.29 bits per heavy atom. The van der Waals surface area contributed by atoms with Crippen LogP contribution in [0.1, 0.15) is 33.1 Å². The van der Waals surface area contributed by atoms with Gasteiger partial charge < -0.3 is 15.5 Å². The van der Waals surface area contributed by atoms with Crippen molar-refractivity contribution in [2.75, 3.05) is 39.3 Å². The van der Waals surface area contributed by atoms with Crippen LogP contribution in [-0.4, -0.2) is 55.0 Å². The van der Waals surface area contributed by atoms with Gasteiger partial charge in [0.2, 0.25) is 5.91 Å². The topological polar surface area (TPSA) is 49.6 Å². The molecule has 0 aromatic heterocycles. The smallest absolute Gasteiger partial charge is 0.225 e. The number of nitrogens with two attached hydrogens (primary N) is 1. The van der Waals surface area contributed by atoms with E-state index in [4.69, 9.17) is 5.73 Å². The predicted molar refractivity (Wildman–Crippen MR) is 70.8 cm³/mol. The predicted octanol–water partition coefficient (Wildman–Crippen LogP) is 0.916. The average Bonchev–Trinajstić information content (AvgIpc) is 2.38. The quantitative estimate of drug-likeness (QED) is 0.752. The summed E-state index contributed by atoms with van der Waals surface area (Å²) in [4.78, 5) is 16.6. The molecular formula is C13H27N3O. The highest BCUT2D eigenvalue weighted by atomic mass is 16.2. The van der Waals surface area contributed by atoms with E-state index in [-0.39, 0.29) is 5.92 Å². The highest BCUT2D eigenvalue weighted by Crippen LogP contribution is 2.19. The molecule has 0 radical (unpaired) electrons. The number of hydrogen-bond acceptors (Lipinski definition) is 3. The van der Waals surface area contributed by atoms with Crippen LogP contribution in [0, 0.1) is 5.92 Å². The Balaban J connectivity index is 2.33. The van der Waals surface area contributed by atoms with Crippen LogP contribution in [0.3, 0.4) is 0 Å². The van der Waals surface area contributed by atoms with Crippen molar-refractivity contribution in [2.24, 2.45) is 11.7 Å². The monoisotopic (exact) mass is 241 g/mol. The Morgan fingerprint density at radius 3 is 2.35 bits per heavy atom. The van der Waals surface area contributed by atoms with Gasteiger partial charge in [0.25, 0.3) is 0 Å². The van der Waals surface area contributed by atoms with E-state index in [2.05, 4.69) is 18.7 Å². The Kier molecular flexibility index (Phi) is 6.52. The summed E-state index contributed by atoms with van der Waals surface area (Å²) in [6.07, 6.45) is 3.09. The van der Waals surface area contributed by atoms with E-state index in [9.17, 15) is 4.79 Å². The first-order valence-electron chi connectivity index (χ1n) is 6.94. The van der Waals surface area contributed by atoms with Crippen LogP contribution >= 0.6 is 0 Å². The molecule has 1 saturated heterocycles. The maximum atomic E-state index is 12.2. The summed E-state index contributed by atoms with van der Waals surface area (Å²) in [5, 5.41) is 0. The first kappa shape index (κ1) is 14.5. The van der Waals surface area contributed by atoms with Crippen molar-refractivity contribution in [3.63, 3.8) is 0 Å². The maximum Gasteiger partial charge on any atom is 0.225 e. The third kappa shape index (κ3) is 4.28. The fourth-order valence-electron chi connectivity index (χ4n) is 2.51. The van der Waals surface area contributed by atoms with Gasteiger partial charge in [0.15, 0.2) is 0 Å². The molecule has 0 saturated carbocycles. The molecule has 0 atom stereocenters. The fourth-order valence-corrected chi connectivity index (χ4v) is 2.51. The summed E-state index contributed by atoms with van der Waals surface area (Å²) in [6.45, 7) is 9.73. The zero-order valence-corrected chi connectivity index (χ0v) is 11.3. The van der Waals surface area contributed by atoms with E-state index in [0.29, 0.717) is 5.91 Å². The number of carbonyl (C=O) groups is 1. The molecule has 1 aliphatic heterocycles. The first-order valence-corrected chi connectivity index (χ1v) is 6.94. The number of amides is 1. The lowest BCUT2D eigenvalue weighted by molar-refractivity contribution is -0.136. The summed E-state index contributed by atoms with van der Waals surface area (Å²) in [5.74, 6) is 0.609. The summed E-state index contributed by atoms with van der Waals surface area (Å²) < 4.78 is 0. The molecule has 0 bridgehead atoms. The molecule has 0 unspecified atom stereocenters. The minimum atomic E-state index is 0.254. The molecule has 2 N–H and O–H groups in total. The number of rotatable bonds is 6. The van der Waals surface area contributed by atoms with Crippen molar-refractivity contribution in [3.05, 3.63) is 0 Å². The molecule has 1 amide bonds. The van der Waals surface area contributed by atoms with Gasteiger partial charge in [-0.3, -0.25) is 4.79 Å². The molecule has 100 valence electrons. The molecule has 0 aromatic carbocycles. The fraction of sp³-hybridized carbons (Fsp3) is 0.923. The third-order valence-corrected chi connectivity index (χ3v) is 3.69. The number of piperidine rings is 1. The molecule has 0 spiro atoms. The van der Waals surface area contributed by atoms with E-state index in [1.807, 2.05) is 4.90 Å². The van der Waals surface area contributed by atoms with Gasteiger partial charge in [-0.15, -0.1) is 0 Å². The molecular weight excluding hydrogens is 214 g/mol. The van der Waals surface area contributed by atoms with Crippen molar-refractivity contribution < 1.29 is 4.79 Å². The Hall–Kier alpha value is -0.610. The highest BCUT2D eigenvalue weighted by molar-refractivity contribution is 5.78. The summed E-state index contributed by atoms with van der Waals surface area (Å²) >= 11 is 0. The molecule has 4 nitrogen and oxygen atoms in total. The molecule has 1 rings (SSSR count). The number of carbonyl (C=O) groups excluding carboxylic acids is 1. The van der Waals surface area contributed by atoms with Crippen molar-refractivity contribution in [3.8, 4) is 0 Å². The van der Waals surface area contributed by atoms with Crippen LogP contribution in [-0.2, 0) is 4.79 Å². The largest absolute Gasteiger partial charge is 0.343 e. The lowest BCUT2D eigenvalue weighted by Crippen LogP contribution is -2.42. The van der Waals surface area contributed by atoms with Gasteiger partial charge in [0.1, 0.15) is 0 Å². The molecule has 0 aliphatic carbocycles. The Morgan fingerprint density at radius 2 is 1.88 bits per heavy atom. The third-order valence-electron chi connectivity index (χ3n) is 3.69. The van der Waals surface area contributed by atoms with E-state index >= 15 is 0 Å². The number of likely N-dealkylation sites (tertiary alicyclic amines) is 1. The van der Waals surface area contributed by atoms with Gasteiger partial charge in [-0.1, -0.05) is 0 Å². The van der Waals surface area contributed by atoms with Crippen molar-refractivity contribution >= 4 is 5.91 Å². The SMILES string of the molecule is CCN(CC)C(=O)C1CCN(CCCN)CC1. The molecule has 1 fully saturated rings. The lowest BCUT2D eigenvalue weighted by Gasteiger charge is -2.33. The van der Waals surface area contributed by atoms with Gasteiger partial charge in [-0.2, -0.15) is 0 Å². The molecule has 4 heteroatoms. The van der Waals surface area contributed by atoms with E-state index in [1.165, 1.54) is 0 Å². The van der Waals surface area contributed by atoms with Crippen LogP contribution in [0.2, 0.25) is 0 Å². The van der Waals surface area contributed by atoms with Gasteiger partial charge in [0, 0.05) is 19.0 Å². The molecule has 1 aliphatic rings. The van der Waals surface area contributed by atoms with E-state index in [1.54, 1.807) is 0 Å². The number of hydrogen-bond donors (Lipinski definition) is 1. The molecule has 0 aromatic rings. The zero-order chi connectivity index (χ0) is 12.7. The summed E-state index contributed by atoms with van der Waals surface area (Å²) in [5.41, 5.74) is 5.51. The van der Waals surface area contributed by atoms with Crippen LogP contribution in [0.4, 0.5) is 0 Å². The van der Waals surface area contributed by atoms with Crippen LogP contribution in [0.15, 0.2) is 0 Å². The second-order valence-electron chi connectivity index (χ2n) is 4.77. The van der Waals surface area contributed by atoms with Crippen LogP contribution in [0.5, 0.6) is 0 Å². The number of nitrogens with zero attached hydrogens (tertiary/aromatic N) is 2. The summed E-state index contributed by atoms with van der Waals surface area (Å²) in [6, 6.07) is 0. The van der Waals surface area contributed by atoms with Gasteiger partial charge in [-0.05, 0) is 59.3 Å². The maximum absolute atomic E-state index is 12.2. The lowest BCUT2D eigenvalue weighted by atomic mass is 9.95. The minimum Gasteiger partial charge on any atom is -0.343 e. The first-order chi connectivity index (χ1) is 8.22. The second kappa shape index (κ2) is 7.67.